The molecule has 2 heterocycles. The van der Waals surface area contributed by atoms with E-state index in [4.69, 9.17) is 5.73 Å². The Hall–Kier alpha value is -3.03. The zero-order valence-electron chi connectivity index (χ0n) is 9.59. The number of anilines is 1. The number of benzene rings is 1. The number of nitrogens with zero attached hydrogens (tertiary/aromatic N) is 5. The van der Waals surface area contributed by atoms with Crippen LogP contribution >= 0.6 is 0 Å². The molecule has 0 radical (unpaired) electrons. The third-order valence-corrected chi connectivity index (χ3v) is 2.70. The van der Waals surface area contributed by atoms with Crippen molar-refractivity contribution in [3.05, 3.63) is 46.9 Å². The fourth-order valence-corrected chi connectivity index (χ4v) is 1.79. The predicted molar refractivity (Wildman–Crippen MR) is 67.3 cm³/mol. The van der Waals surface area contributed by atoms with E-state index in [1.165, 1.54) is 18.2 Å². The van der Waals surface area contributed by atoms with E-state index in [9.17, 15) is 10.1 Å². The average Bonchev–Trinajstić information content (AvgIpc) is 2.83. The van der Waals surface area contributed by atoms with Gasteiger partial charge in [-0.05, 0) is 6.07 Å². The minimum Gasteiger partial charge on any atom is -0.398 e. The SMILES string of the molecule is Nc1ccc([N+](=O)[O-])cc1-c1nnc2cnccn12. The van der Waals surface area contributed by atoms with Crippen LogP contribution < -0.4 is 5.73 Å². The van der Waals surface area contributed by atoms with Crippen LogP contribution in [0.2, 0.25) is 0 Å². The van der Waals surface area contributed by atoms with Gasteiger partial charge >= 0.3 is 0 Å². The minimum atomic E-state index is -0.478. The number of nitro groups is 1. The molecule has 0 saturated carbocycles. The van der Waals surface area contributed by atoms with Gasteiger partial charge in [-0.2, -0.15) is 0 Å². The molecular formula is C11H8N6O2. The summed E-state index contributed by atoms with van der Waals surface area (Å²) >= 11 is 0. The molecule has 0 saturated heterocycles. The summed E-state index contributed by atoms with van der Waals surface area (Å²) in [4.78, 5) is 14.3. The van der Waals surface area contributed by atoms with E-state index in [1.54, 1.807) is 23.0 Å². The first kappa shape index (κ1) is 11.1. The summed E-state index contributed by atoms with van der Waals surface area (Å²) in [5, 5.41) is 18.7. The molecule has 0 fully saturated rings. The molecule has 0 unspecified atom stereocenters. The van der Waals surface area contributed by atoms with E-state index >= 15 is 0 Å². The van der Waals surface area contributed by atoms with E-state index in [1.807, 2.05) is 0 Å². The molecule has 8 nitrogen and oxygen atoms in total. The number of fused-ring (bicyclic) bond motifs is 1. The highest BCUT2D eigenvalue weighted by Gasteiger charge is 2.15. The average molecular weight is 256 g/mol. The first-order chi connectivity index (χ1) is 9.16. The number of aromatic nitrogens is 4. The fourth-order valence-electron chi connectivity index (χ4n) is 1.79. The van der Waals surface area contributed by atoms with Crippen LogP contribution in [0.25, 0.3) is 17.0 Å². The Labute approximate surface area is 106 Å². The zero-order valence-corrected chi connectivity index (χ0v) is 9.59. The normalized spacial score (nSPS) is 10.7. The molecule has 0 aliphatic heterocycles. The number of nitrogens with two attached hydrogens (primary N) is 1. The quantitative estimate of drug-likeness (QED) is 0.420. The van der Waals surface area contributed by atoms with Crippen molar-refractivity contribution in [1.82, 2.24) is 19.6 Å². The van der Waals surface area contributed by atoms with Crippen LogP contribution in [0.1, 0.15) is 0 Å². The topological polar surface area (TPSA) is 112 Å². The predicted octanol–water partition coefficient (Wildman–Crippen LogP) is 1.28. The molecule has 94 valence electrons. The van der Waals surface area contributed by atoms with Crippen molar-refractivity contribution in [1.29, 1.82) is 0 Å². The van der Waals surface area contributed by atoms with Gasteiger partial charge in [0, 0.05) is 35.8 Å². The summed E-state index contributed by atoms with van der Waals surface area (Å²) in [6.07, 6.45) is 4.79. The molecular weight excluding hydrogens is 248 g/mol. The Balaban J connectivity index is 2.26. The highest BCUT2D eigenvalue weighted by molar-refractivity contribution is 5.75. The van der Waals surface area contributed by atoms with Crippen molar-refractivity contribution < 1.29 is 4.92 Å². The lowest BCUT2D eigenvalue weighted by Gasteiger charge is -2.03. The maximum absolute atomic E-state index is 10.8. The van der Waals surface area contributed by atoms with Crippen molar-refractivity contribution in [3.8, 4) is 11.4 Å². The van der Waals surface area contributed by atoms with Gasteiger partial charge in [-0.25, -0.2) is 0 Å². The number of hydrogen-bond donors (Lipinski definition) is 1. The second kappa shape index (κ2) is 4.02. The lowest BCUT2D eigenvalue weighted by atomic mass is 10.1. The standard InChI is InChI=1S/C11H8N6O2/c12-9-2-1-7(17(18)19)5-8(9)11-15-14-10-6-13-3-4-16(10)11/h1-6H,12H2. The number of nitro benzene ring substituents is 1. The minimum absolute atomic E-state index is 0.0463. The first-order valence-electron chi connectivity index (χ1n) is 5.36. The summed E-state index contributed by atoms with van der Waals surface area (Å²) in [5.41, 5.74) is 7.22. The maximum atomic E-state index is 10.8. The Kier molecular flexibility index (Phi) is 2.34. The van der Waals surface area contributed by atoms with Gasteiger partial charge in [0.15, 0.2) is 11.5 Å². The fraction of sp³-hybridized carbons (Fsp3) is 0. The third-order valence-electron chi connectivity index (χ3n) is 2.70. The molecule has 0 aliphatic carbocycles. The first-order valence-corrected chi connectivity index (χ1v) is 5.36. The van der Waals surface area contributed by atoms with Gasteiger partial charge in [0.25, 0.3) is 5.69 Å². The van der Waals surface area contributed by atoms with Crippen LogP contribution in [-0.4, -0.2) is 24.5 Å². The lowest BCUT2D eigenvalue weighted by Crippen LogP contribution is -1.97. The number of non-ortho nitro benzene ring substituents is 1. The van der Waals surface area contributed by atoms with E-state index in [0.717, 1.165) is 0 Å². The van der Waals surface area contributed by atoms with Gasteiger partial charge in [0.05, 0.1) is 11.1 Å². The summed E-state index contributed by atoms with van der Waals surface area (Å²) < 4.78 is 1.67. The Morgan fingerprint density at radius 2 is 2.16 bits per heavy atom. The van der Waals surface area contributed by atoms with Gasteiger partial charge in [0.1, 0.15) is 0 Å². The van der Waals surface area contributed by atoms with Gasteiger partial charge in [0.2, 0.25) is 0 Å². The lowest BCUT2D eigenvalue weighted by molar-refractivity contribution is -0.384. The van der Waals surface area contributed by atoms with Crippen LogP contribution in [0.15, 0.2) is 36.8 Å². The Morgan fingerprint density at radius 3 is 2.95 bits per heavy atom. The van der Waals surface area contributed by atoms with E-state index < -0.39 is 4.92 Å². The van der Waals surface area contributed by atoms with E-state index in [-0.39, 0.29) is 5.69 Å². The maximum Gasteiger partial charge on any atom is 0.270 e. The summed E-state index contributed by atoms with van der Waals surface area (Å²) in [6, 6.07) is 4.21. The molecule has 2 N–H and O–H groups in total. The van der Waals surface area contributed by atoms with Gasteiger partial charge in [-0.15, -0.1) is 10.2 Å². The second-order valence-electron chi connectivity index (χ2n) is 3.86. The second-order valence-corrected chi connectivity index (χ2v) is 3.86. The van der Waals surface area contributed by atoms with Crippen molar-refractivity contribution >= 4 is 17.0 Å². The van der Waals surface area contributed by atoms with E-state index in [0.29, 0.717) is 22.7 Å². The molecule has 0 atom stereocenters. The molecule has 19 heavy (non-hydrogen) atoms. The molecule has 0 aliphatic rings. The zero-order chi connectivity index (χ0) is 13.4. The van der Waals surface area contributed by atoms with E-state index in [2.05, 4.69) is 15.2 Å². The van der Waals surface area contributed by atoms with Crippen LogP contribution in [0, 0.1) is 10.1 Å². The van der Waals surface area contributed by atoms with Gasteiger partial charge in [-0.1, -0.05) is 0 Å². The van der Waals surface area contributed by atoms with Crippen LogP contribution in [0.3, 0.4) is 0 Å². The molecule has 1 aromatic carbocycles. The molecule has 2 aromatic heterocycles. The van der Waals surface area contributed by atoms with Crippen molar-refractivity contribution in [2.24, 2.45) is 0 Å². The number of hydrogen-bond acceptors (Lipinski definition) is 6. The monoisotopic (exact) mass is 256 g/mol. The highest BCUT2D eigenvalue weighted by Crippen LogP contribution is 2.28. The summed E-state index contributed by atoms with van der Waals surface area (Å²) in [5.74, 6) is 0.443. The van der Waals surface area contributed by atoms with Crippen molar-refractivity contribution in [3.63, 3.8) is 0 Å². The molecule has 0 bridgehead atoms. The third kappa shape index (κ3) is 1.75. The number of rotatable bonds is 2. The molecule has 3 aromatic rings. The van der Waals surface area contributed by atoms with Crippen LogP contribution in [0.4, 0.5) is 11.4 Å². The summed E-state index contributed by atoms with van der Waals surface area (Å²) in [6.45, 7) is 0. The molecule has 3 rings (SSSR count). The van der Waals surface area contributed by atoms with Crippen molar-refractivity contribution in [2.75, 3.05) is 5.73 Å². The Bertz CT molecular complexity index is 782. The van der Waals surface area contributed by atoms with Gasteiger partial charge in [-0.3, -0.25) is 19.5 Å². The van der Waals surface area contributed by atoms with Gasteiger partial charge < -0.3 is 5.73 Å². The Morgan fingerprint density at radius 1 is 1.32 bits per heavy atom. The largest absolute Gasteiger partial charge is 0.398 e. The number of nitrogen functional groups attached to an aromatic ring is 1. The molecule has 0 amide bonds. The molecule has 0 spiro atoms. The highest BCUT2D eigenvalue weighted by atomic mass is 16.6. The summed E-state index contributed by atoms with van der Waals surface area (Å²) in [7, 11) is 0. The van der Waals surface area contributed by atoms with Crippen molar-refractivity contribution in [2.45, 2.75) is 0 Å². The smallest absolute Gasteiger partial charge is 0.270 e. The molecule has 8 heteroatoms. The van der Waals surface area contributed by atoms with Crippen LogP contribution in [0.5, 0.6) is 0 Å². The van der Waals surface area contributed by atoms with Crippen LogP contribution in [-0.2, 0) is 0 Å².